The number of nitrogens with zero attached hydrogens (tertiary/aromatic N) is 1. The number of halogens is 1. The predicted molar refractivity (Wildman–Crippen MR) is 94.8 cm³/mol. The van der Waals surface area contributed by atoms with Crippen molar-refractivity contribution in [2.75, 3.05) is 5.32 Å². The molecule has 0 spiro atoms. The Morgan fingerprint density at radius 2 is 2.13 bits per heavy atom. The van der Waals surface area contributed by atoms with E-state index in [1.165, 1.54) is 0 Å². The topological polar surface area (TPSA) is 70.6 Å². The van der Waals surface area contributed by atoms with E-state index in [9.17, 15) is 9.59 Å². The minimum atomic E-state index is -0.301. The number of carbonyl (C=O) groups is 2. The number of nitrogens with one attached hydrogen (secondary N) is 2. The van der Waals surface area contributed by atoms with Crippen molar-refractivity contribution in [2.24, 2.45) is 4.99 Å². The van der Waals surface area contributed by atoms with Crippen molar-refractivity contribution in [3.8, 4) is 0 Å². The van der Waals surface area contributed by atoms with Gasteiger partial charge in [-0.1, -0.05) is 23.7 Å². The second-order valence-corrected chi connectivity index (χ2v) is 5.85. The van der Waals surface area contributed by atoms with E-state index < -0.39 is 0 Å². The summed E-state index contributed by atoms with van der Waals surface area (Å²) in [5, 5.41) is 3.27. The molecule has 0 aliphatic rings. The summed E-state index contributed by atoms with van der Waals surface area (Å²) < 4.78 is 2.47. The summed E-state index contributed by atoms with van der Waals surface area (Å²) in [5.74, 6) is -0.301. The SMILES string of the molecule is C=Nc1ccc(C(=O)Nc2c(C)cccc2Cl)cc1SNC=O. The Balaban J connectivity index is 2.28. The fourth-order valence-electron chi connectivity index (χ4n) is 1.93. The maximum absolute atomic E-state index is 12.4. The highest BCUT2D eigenvalue weighted by Crippen LogP contribution is 2.30. The molecule has 0 aromatic heterocycles. The number of para-hydroxylation sites is 1. The molecule has 0 saturated heterocycles. The molecule has 0 heterocycles. The minimum absolute atomic E-state index is 0.301. The number of anilines is 1. The van der Waals surface area contributed by atoms with Crippen LogP contribution in [-0.2, 0) is 4.79 Å². The summed E-state index contributed by atoms with van der Waals surface area (Å²) in [7, 11) is 0. The van der Waals surface area contributed by atoms with Crippen LogP contribution in [-0.4, -0.2) is 19.0 Å². The lowest BCUT2D eigenvalue weighted by atomic mass is 10.1. The van der Waals surface area contributed by atoms with Crippen LogP contribution in [0.25, 0.3) is 0 Å². The van der Waals surface area contributed by atoms with Gasteiger partial charge in [0.25, 0.3) is 5.91 Å². The normalized spacial score (nSPS) is 10.0. The van der Waals surface area contributed by atoms with Crippen molar-refractivity contribution in [2.45, 2.75) is 11.8 Å². The van der Waals surface area contributed by atoms with Crippen molar-refractivity contribution < 1.29 is 9.59 Å². The molecule has 0 bridgehead atoms. The van der Waals surface area contributed by atoms with Crippen LogP contribution in [0, 0.1) is 6.92 Å². The Morgan fingerprint density at radius 1 is 1.35 bits per heavy atom. The maximum atomic E-state index is 12.4. The van der Waals surface area contributed by atoms with Crippen LogP contribution in [0.2, 0.25) is 5.02 Å². The molecule has 0 radical (unpaired) electrons. The van der Waals surface area contributed by atoms with Gasteiger partial charge in [0.1, 0.15) is 0 Å². The summed E-state index contributed by atoms with van der Waals surface area (Å²) in [5.41, 5.74) is 2.44. The number of aryl methyl sites for hydroxylation is 1. The molecule has 0 unspecified atom stereocenters. The standard InChI is InChI=1S/C16H14ClN3O2S/c1-10-4-3-5-12(17)15(10)20-16(22)11-6-7-13(18-2)14(8-11)23-19-9-21/h3-9H,2H2,1H3,(H,19,21)(H,20,22). The molecular weight excluding hydrogens is 334 g/mol. The lowest BCUT2D eigenvalue weighted by molar-refractivity contribution is -0.107. The van der Waals surface area contributed by atoms with E-state index in [-0.39, 0.29) is 5.91 Å². The van der Waals surface area contributed by atoms with Gasteiger partial charge in [-0.2, -0.15) is 0 Å². The van der Waals surface area contributed by atoms with E-state index in [2.05, 4.69) is 21.7 Å². The van der Waals surface area contributed by atoms with Crippen LogP contribution in [0.4, 0.5) is 11.4 Å². The molecule has 2 amide bonds. The third-order valence-corrected chi connectivity index (χ3v) is 4.15. The minimum Gasteiger partial charge on any atom is -0.320 e. The van der Waals surface area contributed by atoms with E-state index in [1.54, 1.807) is 24.3 Å². The van der Waals surface area contributed by atoms with Gasteiger partial charge in [-0.05, 0) is 55.4 Å². The summed E-state index contributed by atoms with van der Waals surface area (Å²) in [6.45, 7) is 5.33. The molecule has 5 nitrogen and oxygen atoms in total. The summed E-state index contributed by atoms with van der Waals surface area (Å²) in [4.78, 5) is 27.3. The molecule has 0 saturated carbocycles. The average Bonchev–Trinajstić information content (AvgIpc) is 2.56. The lowest BCUT2D eigenvalue weighted by Gasteiger charge is -2.11. The average molecular weight is 348 g/mol. The van der Waals surface area contributed by atoms with Crippen LogP contribution < -0.4 is 10.0 Å². The molecule has 2 aromatic carbocycles. The van der Waals surface area contributed by atoms with Gasteiger partial charge in [0.2, 0.25) is 6.41 Å². The Labute approximate surface area is 143 Å². The number of benzene rings is 2. The largest absolute Gasteiger partial charge is 0.320 e. The molecule has 0 atom stereocenters. The second kappa shape index (κ2) is 7.80. The third kappa shape index (κ3) is 4.12. The first kappa shape index (κ1) is 17.1. The number of hydrogen-bond donors (Lipinski definition) is 2. The summed E-state index contributed by atoms with van der Waals surface area (Å²) in [6, 6.07) is 10.3. The smallest absolute Gasteiger partial charge is 0.255 e. The molecule has 2 rings (SSSR count). The summed E-state index contributed by atoms with van der Waals surface area (Å²) in [6.07, 6.45) is 0.553. The second-order valence-electron chi connectivity index (χ2n) is 4.56. The van der Waals surface area contributed by atoms with Gasteiger partial charge in [-0.3, -0.25) is 19.3 Å². The van der Waals surface area contributed by atoms with Gasteiger partial charge in [0.15, 0.2) is 0 Å². The number of carbonyl (C=O) groups excluding carboxylic acids is 2. The Bertz CT molecular complexity index is 745. The van der Waals surface area contributed by atoms with E-state index in [0.717, 1.165) is 17.5 Å². The number of aliphatic imine (C=N–C) groups is 1. The van der Waals surface area contributed by atoms with Crippen molar-refractivity contribution >= 4 is 54.0 Å². The number of rotatable bonds is 6. The number of amides is 2. The molecule has 2 N–H and O–H groups in total. The zero-order valence-corrected chi connectivity index (χ0v) is 13.9. The molecule has 2 aromatic rings. The fourth-order valence-corrected chi connectivity index (χ4v) is 2.80. The van der Waals surface area contributed by atoms with Crippen LogP contribution in [0.3, 0.4) is 0 Å². The lowest BCUT2D eigenvalue weighted by Crippen LogP contribution is -2.13. The van der Waals surface area contributed by atoms with E-state index in [1.807, 2.05) is 19.1 Å². The molecule has 0 aliphatic heterocycles. The maximum Gasteiger partial charge on any atom is 0.255 e. The van der Waals surface area contributed by atoms with Crippen LogP contribution in [0.15, 0.2) is 46.3 Å². The van der Waals surface area contributed by atoms with E-state index in [0.29, 0.717) is 33.3 Å². The third-order valence-electron chi connectivity index (χ3n) is 3.07. The first-order valence-electron chi connectivity index (χ1n) is 6.60. The Kier molecular flexibility index (Phi) is 5.78. The predicted octanol–water partition coefficient (Wildman–Crippen LogP) is 3.99. The van der Waals surface area contributed by atoms with Crippen molar-refractivity contribution in [3.05, 3.63) is 52.5 Å². The van der Waals surface area contributed by atoms with Gasteiger partial charge in [0, 0.05) is 5.56 Å². The van der Waals surface area contributed by atoms with Gasteiger partial charge in [-0.25, -0.2) is 0 Å². The summed E-state index contributed by atoms with van der Waals surface area (Å²) >= 11 is 7.18. The van der Waals surface area contributed by atoms with Gasteiger partial charge < -0.3 is 5.32 Å². The molecule has 118 valence electrons. The van der Waals surface area contributed by atoms with Gasteiger partial charge in [0.05, 0.1) is 21.3 Å². The quantitative estimate of drug-likeness (QED) is 0.471. The van der Waals surface area contributed by atoms with Crippen LogP contribution in [0.1, 0.15) is 15.9 Å². The molecule has 7 heteroatoms. The van der Waals surface area contributed by atoms with E-state index >= 15 is 0 Å². The monoisotopic (exact) mass is 347 g/mol. The molecule has 0 fully saturated rings. The highest BCUT2D eigenvalue weighted by atomic mass is 35.5. The first-order chi connectivity index (χ1) is 11.1. The Morgan fingerprint density at radius 3 is 2.78 bits per heavy atom. The Hall–Kier alpha value is -2.31. The molecular formula is C16H14ClN3O2S. The van der Waals surface area contributed by atoms with Crippen molar-refractivity contribution in [1.29, 1.82) is 0 Å². The van der Waals surface area contributed by atoms with Crippen LogP contribution >= 0.6 is 23.5 Å². The van der Waals surface area contributed by atoms with E-state index in [4.69, 9.17) is 11.6 Å². The highest BCUT2D eigenvalue weighted by molar-refractivity contribution is 7.98. The molecule has 0 aliphatic carbocycles. The van der Waals surface area contributed by atoms with Gasteiger partial charge >= 0.3 is 0 Å². The molecule has 23 heavy (non-hydrogen) atoms. The van der Waals surface area contributed by atoms with Crippen molar-refractivity contribution in [3.63, 3.8) is 0 Å². The van der Waals surface area contributed by atoms with Crippen molar-refractivity contribution in [1.82, 2.24) is 4.72 Å². The van der Waals surface area contributed by atoms with Crippen LogP contribution in [0.5, 0.6) is 0 Å². The zero-order valence-electron chi connectivity index (χ0n) is 12.3. The fraction of sp³-hybridized carbons (Fsp3) is 0.0625. The van der Waals surface area contributed by atoms with Gasteiger partial charge in [-0.15, -0.1) is 0 Å². The number of hydrogen-bond acceptors (Lipinski definition) is 4. The zero-order chi connectivity index (χ0) is 16.8. The highest BCUT2D eigenvalue weighted by Gasteiger charge is 2.13. The first-order valence-corrected chi connectivity index (χ1v) is 7.79.